The van der Waals surface area contributed by atoms with Gasteiger partial charge in [-0.2, -0.15) is 4.31 Å². The van der Waals surface area contributed by atoms with Crippen molar-refractivity contribution < 1.29 is 13.2 Å². The van der Waals surface area contributed by atoms with Crippen molar-refractivity contribution in [3.8, 4) is 0 Å². The van der Waals surface area contributed by atoms with Gasteiger partial charge in [0, 0.05) is 7.05 Å². The number of rotatable bonds is 7. The Labute approximate surface area is 178 Å². The van der Waals surface area contributed by atoms with E-state index in [0.29, 0.717) is 5.56 Å². The Morgan fingerprint density at radius 3 is 1.97 bits per heavy atom. The second-order valence-electron chi connectivity index (χ2n) is 7.35. The maximum absolute atomic E-state index is 13.0. The summed E-state index contributed by atoms with van der Waals surface area (Å²) in [6.45, 7) is 3.32. The highest BCUT2D eigenvalue weighted by molar-refractivity contribution is 7.89. The summed E-state index contributed by atoms with van der Waals surface area (Å²) in [5.41, 5.74) is 3.36. The zero-order valence-electron chi connectivity index (χ0n) is 17.4. The number of aryl methyl sites for hydroxylation is 2. The zero-order valence-corrected chi connectivity index (χ0v) is 18.2. The van der Waals surface area contributed by atoms with E-state index in [-0.39, 0.29) is 23.4 Å². The molecule has 0 spiro atoms. The molecule has 6 heteroatoms. The minimum absolute atomic E-state index is 0.223. The van der Waals surface area contributed by atoms with Gasteiger partial charge >= 0.3 is 0 Å². The lowest BCUT2D eigenvalue weighted by molar-refractivity contribution is -0.121. The van der Waals surface area contributed by atoms with Gasteiger partial charge in [-0.05, 0) is 42.2 Å². The number of benzene rings is 3. The largest absolute Gasteiger partial charge is 0.344 e. The zero-order chi connectivity index (χ0) is 21.7. The van der Waals surface area contributed by atoms with Crippen LogP contribution in [0.5, 0.6) is 0 Å². The third-order valence-corrected chi connectivity index (χ3v) is 6.91. The number of likely N-dealkylation sites (N-methyl/N-ethyl adjacent to an activating group) is 1. The number of nitrogens with one attached hydrogen (secondary N) is 1. The monoisotopic (exact) mass is 422 g/mol. The Morgan fingerprint density at radius 2 is 1.43 bits per heavy atom. The van der Waals surface area contributed by atoms with Crippen molar-refractivity contribution in [1.29, 1.82) is 0 Å². The highest BCUT2D eigenvalue weighted by Gasteiger charge is 2.26. The molecule has 0 saturated heterocycles. The fourth-order valence-electron chi connectivity index (χ4n) is 3.30. The van der Waals surface area contributed by atoms with Gasteiger partial charge in [-0.3, -0.25) is 4.79 Å². The third-order valence-electron chi connectivity index (χ3n) is 4.97. The molecule has 0 atom stereocenters. The Bertz CT molecular complexity index is 1070. The lowest BCUT2D eigenvalue weighted by Crippen LogP contribution is -2.40. The van der Waals surface area contributed by atoms with Crippen LogP contribution in [-0.2, 0) is 14.8 Å². The molecular weight excluding hydrogens is 396 g/mol. The third kappa shape index (κ3) is 4.96. The highest BCUT2D eigenvalue weighted by Crippen LogP contribution is 2.23. The summed E-state index contributed by atoms with van der Waals surface area (Å²) in [5, 5.41) is 2.99. The molecule has 30 heavy (non-hydrogen) atoms. The van der Waals surface area contributed by atoms with E-state index in [2.05, 4.69) is 5.32 Å². The predicted molar refractivity (Wildman–Crippen MR) is 119 cm³/mol. The molecule has 1 amide bonds. The molecule has 1 N–H and O–H groups in total. The van der Waals surface area contributed by atoms with Crippen LogP contribution < -0.4 is 5.32 Å². The van der Waals surface area contributed by atoms with Crippen molar-refractivity contribution in [1.82, 2.24) is 9.62 Å². The standard InChI is InChI=1S/C24H26N2O3S/c1-18-14-15-19(2)22(16-18)30(28,29)26(3)17-23(27)25-24(20-10-6-4-7-11-20)21-12-8-5-9-13-21/h4-16,24H,17H2,1-3H3,(H,25,27). The molecular formula is C24H26N2O3S. The minimum Gasteiger partial charge on any atom is -0.344 e. The molecule has 3 aromatic carbocycles. The summed E-state index contributed by atoms with van der Waals surface area (Å²) in [4.78, 5) is 13.0. The molecule has 0 bridgehead atoms. The molecule has 0 aromatic heterocycles. The second-order valence-corrected chi connectivity index (χ2v) is 9.37. The maximum atomic E-state index is 13.0. The van der Waals surface area contributed by atoms with Crippen LogP contribution >= 0.6 is 0 Å². The number of nitrogens with zero attached hydrogens (tertiary/aromatic N) is 1. The van der Waals surface area contributed by atoms with E-state index in [0.717, 1.165) is 21.0 Å². The van der Waals surface area contributed by atoms with Gasteiger partial charge in [0.1, 0.15) is 0 Å². The van der Waals surface area contributed by atoms with Crippen molar-refractivity contribution in [2.24, 2.45) is 0 Å². The number of hydrogen-bond acceptors (Lipinski definition) is 3. The van der Waals surface area contributed by atoms with Crippen LogP contribution in [0.1, 0.15) is 28.3 Å². The van der Waals surface area contributed by atoms with Gasteiger partial charge in [0.05, 0.1) is 17.5 Å². The predicted octanol–water partition coefficient (Wildman–Crippen LogP) is 3.83. The fourth-order valence-corrected chi connectivity index (χ4v) is 4.73. The van der Waals surface area contributed by atoms with Crippen molar-refractivity contribution in [3.05, 3.63) is 101 Å². The number of carbonyl (C=O) groups is 1. The van der Waals surface area contributed by atoms with Gasteiger partial charge in [0.15, 0.2) is 0 Å². The molecule has 0 heterocycles. The van der Waals surface area contributed by atoms with Crippen molar-refractivity contribution in [2.45, 2.75) is 24.8 Å². The molecule has 156 valence electrons. The number of carbonyl (C=O) groups excluding carboxylic acids is 1. The lowest BCUT2D eigenvalue weighted by Gasteiger charge is -2.23. The van der Waals surface area contributed by atoms with E-state index in [1.165, 1.54) is 7.05 Å². The number of amides is 1. The van der Waals surface area contributed by atoms with E-state index in [1.807, 2.05) is 73.7 Å². The Hall–Kier alpha value is -2.96. The molecule has 0 aliphatic rings. The molecule has 3 rings (SSSR count). The van der Waals surface area contributed by atoms with E-state index in [4.69, 9.17) is 0 Å². The molecule has 5 nitrogen and oxygen atoms in total. The molecule has 0 aliphatic heterocycles. The van der Waals surface area contributed by atoms with Gasteiger partial charge in [0.25, 0.3) is 0 Å². The van der Waals surface area contributed by atoms with Crippen LogP contribution in [0.4, 0.5) is 0 Å². The van der Waals surface area contributed by atoms with Gasteiger partial charge in [-0.25, -0.2) is 8.42 Å². The van der Waals surface area contributed by atoms with Crippen LogP contribution in [0.25, 0.3) is 0 Å². The molecule has 0 radical (unpaired) electrons. The number of hydrogen-bond donors (Lipinski definition) is 1. The fraction of sp³-hybridized carbons (Fsp3) is 0.208. The van der Waals surface area contributed by atoms with Gasteiger partial charge in [-0.1, -0.05) is 72.8 Å². The second kappa shape index (κ2) is 9.24. The molecule has 0 unspecified atom stereocenters. The molecule has 0 saturated carbocycles. The summed E-state index contributed by atoms with van der Waals surface area (Å²) < 4.78 is 27.1. The Balaban J connectivity index is 1.81. The smallest absolute Gasteiger partial charge is 0.243 e. The van der Waals surface area contributed by atoms with E-state index in [9.17, 15) is 13.2 Å². The first-order valence-corrected chi connectivity index (χ1v) is 11.2. The Kier molecular flexibility index (Phi) is 6.70. The first-order chi connectivity index (χ1) is 14.3. The van der Waals surface area contributed by atoms with Crippen LogP contribution in [0.15, 0.2) is 83.8 Å². The van der Waals surface area contributed by atoms with Gasteiger partial charge in [-0.15, -0.1) is 0 Å². The van der Waals surface area contributed by atoms with E-state index >= 15 is 0 Å². The van der Waals surface area contributed by atoms with Crippen molar-refractivity contribution in [2.75, 3.05) is 13.6 Å². The molecule has 0 fully saturated rings. The van der Waals surface area contributed by atoms with Crippen LogP contribution in [0.2, 0.25) is 0 Å². The SMILES string of the molecule is Cc1ccc(C)c(S(=O)(=O)N(C)CC(=O)NC(c2ccccc2)c2ccccc2)c1. The highest BCUT2D eigenvalue weighted by atomic mass is 32.2. The quantitative estimate of drug-likeness (QED) is 0.629. The van der Waals surface area contributed by atoms with Gasteiger partial charge < -0.3 is 5.32 Å². The molecule has 0 aliphatic carbocycles. The number of sulfonamides is 1. The van der Waals surface area contributed by atoms with Crippen molar-refractivity contribution in [3.63, 3.8) is 0 Å². The first-order valence-electron chi connectivity index (χ1n) is 9.72. The summed E-state index contributed by atoms with van der Waals surface area (Å²) >= 11 is 0. The Morgan fingerprint density at radius 1 is 0.900 bits per heavy atom. The topological polar surface area (TPSA) is 66.5 Å². The molecule has 3 aromatic rings. The normalized spacial score (nSPS) is 11.6. The summed E-state index contributed by atoms with van der Waals surface area (Å²) in [6.07, 6.45) is 0. The average Bonchev–Trinajstić information content (AvgIpc) is 2.74. The first kappa shape index (κ1) is 21.7. The van der Waals surface area contributed by atoms with Crippen LogP contribution in [0, 0.1) is 13.8 Å². The van der Waals surface area contributed by atoms with E-state index < -0.39 is 10.0 Å². The maximum Gasteiger partial charge on any atom is 0.243 e. The minimum atomic E-state index is -3.78. The summed E-state index contributed by atoms with van der Waals surface area (Å²) in [5.74, 6) is -0.371. The summed E-state index contributed by atoms with van der Waals surface area (Å²) in [6, 6.07) is 24.1. The van der Waals surface area contributed by atoms with Crippen molar-refractivity contribution >= 4 is 15.9 Å². The summed E-state index contributed by atoms with van der Waals surface area (Å²) in [7, 11) is -2.35. The average molecular weight is 423 g/mol. The van der Waals surface area contributed by atoms with Gasteiger partial charge in [0.2, 0.25) is 15.9 Å². The lowest BCUT2D eigenvalue weighted by atomic mass is 9.99. The van der Waals surface area contributed by atoms with Crippen LogP contribution in [-0.4, -0.2) is 32.2 Å². The van der Waals surface area contributed by atoms with Crippen LogP contribution in [0.3, 0.4) is 0 Å². The van der Waals surface area contributed by atoms with E-state index in [1.54, 1.807) is 19.1 Å².